The first-order valence-electron chi connectivity index (χ1n) is 9.65. The van der Waals surface area contributed by atoms with Gasteiger partial charge in [0.25, 0.3) is 0 Å². The van der Waals surface area contributed by atoms with Gasteiger partial charge in [-0.2, -0.15) is 0 Å². The maximum Gasteiger partial charge on any atom is 0.307 e. The third-order valence-corrected chi connectivity index (χ3v) is 6.83. The Morgan fingerprint density at radius 3 is 2.19 bits per heavy atom. The summed E-state index contributed by atoms with van der Waals surface area (Å²) in [4.78, 5) is 11.1. The van der Waals surface area contributed by atoms with Crippen molar-refractivity contribution in [3.8, 4) is 17.2 Å². The van der Waals surface area contributed by atoms with Crippen molar-refractivity contribution in [1.82, 2.24) is 0 Å². The normalized spacial score (nSPS) is 11.2. The summed E-state index contributed by atoms with van der Waals surface area (Å²) in [5, 5.41) is 9.84. The van der Waals surface area contributed by atoms with Gasteiger partial charge in [-0.3, -0.25) is 4.79 Å². The zero-order chi connectivity index (χ0) is 23.3. The summed E-state index contributed by atoms with van der Waals surface area (Å²) < 4.78 is 37.6. The molecule has 3 aromatic carbocycles. The third kappa shape index (κ3) is 5.94. The van der Waals surface area contributed by atoms with E-state index in [1.54, 1.807) is 18.2 Å². The Balaban J connectivity index is 1.89. The van der Waals surface area contributed by atoms with Gasteiger partial charge in [-0.05, 0) is 66.6 Å². The Kier molecular flexibility index (Phi) is 7.66. The second kappa shape index (κ2) is 10.3. The molecule has 168 valence electrons. The maximum atomic E-state index is 13.2. The van der Waals surface area contributed by atoms with Crippen LogP contribution >= 0.6 is 23.2 Å². The third-order valence-electron chi connectivity index (χ3n) is 4.34. The SMILES string of the molecule is CCCOc1cc(CC(=O)O)cc(S(=O)(=O)c2ccc(Oc3ccc(Cl)c(Cl)c3)cc2)c1. The molecule has 9 heteroatoms. The zero-order valence-electron chi connectivity index (χ0n) is 17.0. The van der Waals surface area contributed by atoms with Crippen molar-refractivity contribution >= 4 is 39.0 Å². The van der Waals surface area contributed by atoms with Gasteiger partial charge in [0.1, 0.15) is 17.2 Å². The van der Waals surface area contributed by atoms with Gasteiger partial charge in [-0.25, -0.2) is 8.42 Å². The van der Waals surface area contributed by atoms with E-state index in [1.807, 2.05) is 6.92 Å². The first-order chi connectivity index (χ1) is 15.2. The van der Waals surface area contributed by atoms with Crippen molar-refractivity contribution in [2.75, 3.05) is 6.61 Å². The number of carboxylic acids is 1. The van der Waals surface area contributed by atoms with Crippen LogP contribution in [0.5, 0.6) is 17.2 Å². The van der Waals surface area contributed by atoms with Crippen molar-refractivity contribution in [3.63, 3.8) is 0 Å². The average molecular weight is 495 g/mol. The van der Waals surface area contributed by atoms with Gasteiger partial charge < -0.3 is 14.6 Å². The van der Waals surface area contributed by atoms with E-state index in [4.69, 9.17) is 37.8 Å². The van der Waals surface area contributed by atoms with Crippen molar-refractivity contribution in [2.24, 2.45) is 0 Å². The lowest BCUT2D eigenvalue weighted by atomic mass is 10.1. The van der Waals surface area contributed by atoms with Crippen LogP contribution in [0.2, 0.25) is 10.0 Å². The monoisotopic (exact) mass is 494 g/mol. The van der Waals surface area contributed by atoms with Gasteiger partial charge in [0.05, 0.1) is 32.9 Å². The fourth-order valence-electron chi connectivity index (χ4n) is 2.87. The molecule has 6 nitrogen and oxygen atoms in total. The van der Waals surface area contributed by atoms with Gasteiger partial charge in [0.15, 0.2) is 0 Å². The molecule has 3 rings (SSSR count). The number of ether oxygens (including phenoxy) is 2. The Bertz CT molecular complexity index is 1220. The lowest BCUT2D eigenvalue weighted by Gasteiger charge is -2.12. The summed E-state index contributed by atoms with van der Waals surface area (Å²) in [6.07, 6.45) is 0.411. The predicted molar refractivity (Wildman–Crippen MR) is 122 cm³/mol. The molecule has 0 amide bonds. The van der Waals surface area contributed by atoms with E-state index in [9.17, 15) is 13.2 Å². The van der Waals surface area contributed by atoms with Crippen molar-refractivity contribution in [2.45, 2.75) is 29.6 Å². The second-order valence-corrected chi connectivity index (χ2v) is 9.65. The Morgan fingerprint density at radius 1 is 0.875 bits per heavy atom. The molecule has 0 radical (unpaired) electrons. The van der Waals surface area contributed by atoms with Gasteiger partial charge >= 0.3 is 5.97 Å². The largest absolute Gasteiger partial charge is 0.494 e. The highest BCUT2D eigenvalue weighted by molar-refractivity contribution is 7.91. The molecule has 1 N–H and O–H groups in total. The standard InChI is InChI=1S/C23H20Cl2O6S/c1-2-9-30-18-10-15(12-23(26)27)11-20(13-18)32(28,29)19-6-3-16(4-7-19)31-17-5-8-21(24)22(25)14-17/h3-8,10-11,13-14H,2,9,12H2,1H3,(H,26,27). The lowest BCUT2D eigenvalue weighted by molar-refractivity contribution is -0.136. The predicted octanol–water partition coefficient (Wildman–Crippen LogP) is 6.03. The molecule has 0 saturated heterocycles. The number of benzene rings is 3. The van der Waals surface area contributed by atoms with Crippen LogP contribution in [0.3, 0.4) is 0 Å². The molecule has 0 bridgehead atoms. The molecule has 0 saturated carbocycles. The van der Waals surface area contributed by atoms with E-state index < -0.39 is 15.8 Å². The number of halogens is 2. The van der Waals surface area contributed by atoms with Crippen LogP contribution in [0.15, 0.2) is 70.5 Å². The summed E-state index contributed by atoms with van der Waals surface area (Å²) in [5.41, 5.74) is 0.337. The lowest BCUT2D eigenvalue weighted by Crippen LogP contribution is -2.07. The minimum absolute atomic E-state index is 0.0351. The second-order valence-electron chi connectivity index (χ2n) is 6.88. The van der Waals surface area contributed by atoms with E-state index in [-0.39, 0.29) is 16.2 Å². The fraction of sp³-hybridized carbons (Fsp3) is 0.174. The van der Waals surface area contributed by atoms with Gasteiger partial charge in [0, 0.05) is 6.07 Å². The quantitative estimate of drug-likeness (QED) is 0.390. The molecular formula is C23H20Cl2O6S. The molecule has 0 aliphatic rings. The molecule has 0 aromatic heterocycles. The van der Waals surface area contributed by atoms with E-state index >= 15 is 0 Å². The number of carbonyl (C=O) groups is 1. The number of sulfone groups is 1. The van der Waals surface area contributed by atoms with Crippen molar-refractivity contribution in [1.29, 1.82) is 0 Å². The van der Waals surface area contributed by atoms with Crippen LogP contribution in [0.25, 0.3) is 0 Å². The highest BCUT2D eigenvalue weighted by atomic mass is 35.5. The molecule has 3 aromatic rings. The highest BCUT2D eigenvalue weighted by Gasteiger charge is 2.20. The summed E-state index contributed by atoms with van der Waals surface area (Å²) >= 11 is 11.9. The van der Waals surface area contributed by atoms with Crippen LogP contribution in [0.1, 0.15) is 18.9 Å². The number of hydrogen-bond acceptors (Lipinski definition) is 5. The number of rotatable bonds is 9. The molecule has 32 heavy (non-hydrogen) atoms. The molecule has 0 aliphatic heterocycles. The van der Waals surface area contributed by atoms with E-state index in [2.05, 4.69) is 0 Å². The molecule has 0 heterocycles. The van der Waals surface area contributed by atoms with Gasteiger partial charge in [0.2, 0.25) is 9.84 Å². The minimum Gasteiger partial charge on any atom is -0.494 e. The molecule has 0 spiro atoms. The Labute approximate surface area is 196 Å². The van der Waals surface area contributed by atoms with Gasteiger partial charge in [-0.15, -0.1) is 0 Å². The highest BCUT2D eigenvalue weighted by Crippen LogP contribution is 2.31. The number of hydrogen-bond donors (Lipinski definition) is 1. The molecule has 0 unspecified atom stereocenters. The summed E-state index contributed by atoms with van der Waals surface area (Å²) in [7, 11) is -3.91. The summed E-state index contributed by atoms with van der Waals surface area (Å²) in [6, 6.07) is 15.0. The smallest absolute Gasteiger partial charge is 0.307 e. The molecular weight excluding hydrogens is 475 g/mol. The summed E-state index contributed by atoms with van der Waals surface area (Å²) in [6.45, 7) is 2.30. The van der Waals surface area contributed by atoms with E-state index in [0.717, 1.165) is 6.42 Å². The first-order valence-corrected chi connectivity index (χ1v) is 11.9. The fourth-order valence-corrected chi connectivity index (χ4v) is 4.50. The van der Waals surface area contributed by atoms with Crippen LogP contribution in [0, 0.1) is 0 Å². The number of aliphatic carboxylic acids is 1. The molecule has 0 atom stereocenters. The minimum atomic E-state index is -3.91. The average Bonchev–Trinajstić information content (AvgIpc) is 2.74. The summed E-state index contributed by atoms with van der Waals surface area (Å²) in [5.74, 6) is 0.108. The topological polar surface area (TPSA) is 89.9 Å². The molecule has 0 aliphatic carbocycles. The van der Waals surface area contributed by atoms with Gasteiger partial charge in [-0.1, -0.05) is 30.1 Å². The van der Waals surface area contributed by atoms with Crippen molar-refractivity contribution in [3.05, 3.63) is 76.3 Å². The van der Waals surface area contributed by atoms with Crippen LogP contribution < -0.4 is 9.47 Å². The van der Waals surface area contributed by atoms with Crippen LogP contribution in [-0.4, -0.2) is 26.1 Å². The van der Waals surface area contributed by atoms with E-state index in [1.165, 1.54) is 42.5 Å². The van der Waals surface area contributed by atoms with E-state index in [0.29, 0.717) is 39.5 Å². The number of carboxylic acid groups (broad SMARTS) is 1. The van der Waals surface area contributed by atoms with Crippen LogP contribution in [-0.2, 0) is 21.1 Å². The Morgan fingerprint density at radius 2 is 1.56 bits per heavy atom. The first kappa shape index (κ1) is 23.9. The van der Waals surface area contributed by atoms with Crippen LogP contribution in [0.4, 0.5) is 0 Å². The maximum absolute atomic E-state index is 13.2. The molecule has 0 fully saturated rings. The zero-order valence-corrected chi connectivity index (χ0v) is 19.4. The Hall–Kier alpha value is -2.74. The van der Waals surface area contributed by atoms with Crippen molar-refractivity contribution < 1.29 is 27.8 Å².